The van der Waals surface area contributed by atoms with Crippen molar-refractivity contribution >= 4 is 0 Å². The molecule has 2 aliphatic rings. The standard InChI is InChI=1S/C18H36N2/c1-14(2)15-6-5-10-20(11-8-15)13-16-12-18(3,4)9-7-17(16)19/h14-17H,5-13,19H2,1-4H3. The first-order valence-electron chi connectivity index (χ1n) is 8.85. The molecule has 20 heavy (non-hydrogen) atoms. The van der Waals surface area contributed by atoms with Crippen LogP contribution in [0.2, 0.25) is 0 Å². The van der Waals surface area contributed by atoms with Crippen LogP contribution >= 0.6 is 0 Å². The molecule has 0 spiro atoms. The molecule has 1 saturated heterocycles. The maximum Gasteiger partial charge on any atom is 0.00797 e. The number of rotatable bonds is 3. The first-order chi connectivity index (χ1) is 9.37. The van der Waals surface area contributed by atoms with Gasteiger partial charge in [-0.3, -0.25) is 0 Å². The SMILES string of the molecule is CC(C)C1CCCN(CC2CC(C)(C)CCC2N)CC1. The fraction of sp³-hybridized carbons (Fsp3) is 1.00. The van der Waals surface area contributed by atoms with Gasteiger partial charge in [0.25, 0.3) is 0 Å². The second kappa shape index (κ2) is 6.79. The van der Waals surface area contributed by atoms with Crippen LogP contribution in [0, 0.1) is 23.2 Å². The molecular weight excluding hydrogens is 244 g/mol. The van der Waals surface area contributed by atoms with Gasteiger partial charge in [0, 0.05) is 12.6 Å². The predicted octanol–water partition coefficient (Wildman–Crippen LogP) is 3.90. The van der Waals surface area contributed by atoms with E-state index >= 15 is 0 Å². The Kier molecular flexibility index (Phi) is 5.53. The molecule has 2 N–H and O–H groups in total. The minimum Gasteiger partial charge on any atom is -0.327 e. The van der Waals surface area contributed by atoms with Gasteiger partial charge in [-0.1, -0.05) is 27.7 Å². The smallest absolute Gasteiger partial charge is 0.00797 e. The van der Waals surface area contributed by atoms with Crippen molar-refractivity contribution in [3.05, 3.63) is 0 Å². The molecule has 2 rings (SSSR count). The Bertz CT molecular complexity index is 298. The molecule has 1 aliphatic carbocycles. The van der Waals surface area contributed by atoms with Gasteiger partial charge in [-0.15, -0.1) is 0 Å². The fourth-order valence-electron chi connectivity index (χ4n) is 4.32. The molecule has 2 fully saturated rings. The van der Waals surface area contributed by atoms with E-state index in [1.165, 1.54) is 58.2 Å². The van der Waals surface area contributed by atoms with Gasteiger partial charge in [0.1, 0.15) is 0 Å². The maximum absolute atomic E-state index is 6.41. The molecule has 3 atom stereocenters. The Labute approximate surface area is 126 Å². The van der Waals surface area contributed by atoms with Gasteiger partial charge in [0.05, 0.1) is 0 Å². The summed E-state index contributed by atoms with van der Waals surface area (Å²) in [6.45, 7) is 13.5. The third-order valence-electron chi connectivity index (χ3n) is 5.88. The van der Waals surface area contributed by atoms with E-state index in [2.05, 4.69) is 32.6 Å². The maximum atomic E-state index is 6.41. The average Bonchev–Trinajstić information content (AvgIpc) is 2.59. The van der Waals surface area contributed by atoms with Crippen molar-refractivity contribution in [1.29, 1.82) is 0 Å². The molecule has 0 aromatic carbocycles. The summed E-state index contributed by atoms with van der Waals surface area (Å²) in [4.78, 5) is 2.72. The molecular formula is C18H36N2. The quantitative estimate of drug-likeness (QED) is 0.849. The lowest BCUT2D eigenvalue weighted by Crippen LogP contribution is -2.45. The summed E-state index contributed by atoms with van der Waals surface area (Å²) in [5.74, 6) is 2.51. The monoisotopic (exact) mass is 280 g/mol. The van der Waals surface area contributed by atoms with Gasteiger partial charge in [0.2, 0.25) is 0 Å². The van der Waals surface area contributed by atoms with E-state index in [1.54, 1.807) is 0 Å². The summed E-state index contributed by atoms with van der Waals surface area (Å²) in [6, 6.07) is 0.437. The van der Waals surface area contributed by atoms with Crippen LogP contribution < -0.4 is 5.73 Å². The minimum absolute atomic E-state index is 0.437. The highest BCUT2D eigenvalue weighted by molar-refractivity contribution is 4.89. The van der Waals surface area contributed by atoms with E-state index in [0.717, 1.165) is 11.8 Å². The van der Waals surface area contributed by atoms with E-state index < -0.39 is 0 Å². The highest BCUT2D eigenvalue weighted by atomic mass is 15.1. The summed E-state index contributed by atoms with van der Waals surface area (Å²) in [6.07, 6.45) is 8.05. The average molecular weight is 281 g/mol. The zero-order valence-electron chi connectivity index (χ0n) is 14.2. The van der Waals surface area contributed by atoms with Crippen LogP contribution in [0.15, 0.2) is 0 Å². The predicted molar refractivity (Wildman–Crippen MR) is 87.7 cm³/mol. The van der Waals surface area contributed by atoms with E-state index in [1.807, 2.05) is 0 Å². The lowest BCUT2D eigenvalue weighted by molar-refractivity contribution is 0.115. The molecule has 1 aliphatic heterocycles. The van der Waals surface area contributed by atoms with Gasteiger partial charge in [-0.2, -0.15) is 0 Å². The van der Waals surface area contributed by atoms with Crippen molar-refractivity contribution in [2.45, 2.75) is 72.3 Å². The molecule has 2 heteroatoms. The molecule has 1 heterocycles. The Morgan fingerprint density at radius 3 is 2.60 bits per heavy atom. The Morgan fingerprint density at radius 1 is 1.15 bits per heavy atom. The first-order valence-corrected chi connectivity index (χ1v) is 8.85. The lowest BCUT2D eigenvalue weighted by atomic mass is 9.70. The van der Waals surface area contributed by atoms with Crippen molar-refractivity contribution in [2.24, 2.45) is 28.9 Å². The molecule has 0 bridgehead atoms. The van der Waals surface area contributed by atoms with Crippen LogP contribution in [0.3, 0.4) is 0 Å². The highest BCUT2D eigenvalue weighted by Crippen LogP contribution is 2.38. The summed E-state index contributed by atoms with van der Waals surface area (Å²) in [5, 5.41) is 0. The molecule has 3 unspecified atom stereocenters. The van der Waals surface area contributed by atoms with Gasteiger partial charge in [-0.25, -0.2) is 0 Å². The summed E-state index contributed by atoms with van der Waals surface area (Å²) in [7, 11) is 0. The third-order valence-corrected chi connectivity index (χ3v) is 5.88. The van der Waals surface area contributed by atoms with Crippen molar-refractivity contribution < 1.29 is 0 Å². The number of hydrogen-bond donors (Lipinski definition) is 1. The van der Waals surface area contributed by atoms with Crippen molar-refractivity contribution in [2.75, 3.05) is 19.6 Å². The number of hydrogen-bond acceptors (Lipinski definition) is 2. The number of likely N-dealkylation sites (tertiary alicyclic amines) is 1. The molecule has 2 nitrogen and oxygen atoms in total. The minimum atomic E-state index is 0.437. The van der Waals surface area contributed by atoms with Gasteiger partial charge >= 0.3 is 0 Å². The van der Waals surface area contributed by atoms with Crippen molar-refractivity contribution in [3.63, 3.8) is 0 Å². The molecule has 1 saturated carbocycles. The second-order valence-corrected chi connectivity index (χ2v) is 8.57. The number of nitrogens with two attached hydrogens (primary N) is 1. The van der Waals surface area contributed by atoms with Gasteiger partial charge < -0.3 is 10.6 Å². The number of nitrogens with zero attached hydrogens (tertiary/aromatic N) is 1. The lowest BCUT2D eigenvalue weighted by Gasteiger charge is -2.41. The van der Waals surface area contributed by atoms with Gasteiger partial charge in [0.15, 0.2) is 0 Å². The van der Waals surface area contributed by atoms with E-state index in [9.17, 15) is 0 Å². The van der Waals surface area contributed by atoms with Crippen molar-refractivity contribution in [1.82, 2.24) is 4.90 Å². The Hall–Kier alpha value is -0.0800. The highest BCUT2D eigenvalue weighted by Gasteiger charge is 2.34. The summed E-state index contributed by atoms with van der Waals surface area (Å²) in [5.41, 5.74) is 6.91. The van der Waals surface area contributed by atoms with Crippen LogP contribution in [-0.2, 0) is 0 Å². The largest absolute Gasteiger partial charge is 0.327 e. The normalized spacial score (nSPS) is 36.0. The van der Waals surface area contributed by atoms with Crippen LogP contribution in [0.5, 0.6) is 0 Å². The van der Waals surface area contributed by atoms with E-state index in [0.29, 0.717) is 17.4 Å². The van der Waals surface area contributed by atoms with Crippen molar-refractivity contribution in [3.8, 4) is 0 Å². The zero-order chi connectivity index (χ0) is 14.8. The fourth-order valence-corrected chi connectivity index (χ4v) is 4.32. The summed E-state index contributed by atoms with van der Waals surface area (Å²) >= 11 is 0. The zero-order valence-corrected chi connectivity index (χ0v) is 14.2. The topological polar surface area (TPSA) is 29.3 Å². The molecule has 0 amide bonds. The third kappa shape index (κ3) is 4.46. The van der Waals surface area contributed by atoms with E-state index in [4.69, 9.17) is 5.73 Å². The van der Waals surface area contributed by atoms with Crippen LogP contribution in [0.25, 0.3) is 0 Å². The Morgan fingerprint density at radius 2 is 1.90 bits per heavy atom. The van der Waals surface area contributed by atoms with E-state index in [-0.39, 0.29) is 0 Å². The van der Waals surface area contributed by atoms with Crippen LogP contribution in [0.1, 0.15) is 66.2 Å². The van der Waals surface area contributed by atoms with Crippen LogP contribution in [0.4, 0.5) is 0 Å². The Balaban J connectivity index is 1.86. The second-order valence-electron chi connectivity index (χ2n) is 8.57. The molecule has 0 aromatic heterocycles. The molecule has 0 radical (unpaired) electrons. The summed E-state index contributed by atoms with van der Waals surface area (Å²) < 4.78 is 0. The molecule has 118 valence electrons. The first kappa shape index (κ1) is 16.3. The molecule has 0 aromatic rings. The van der Waals surface area contributed by atoms with Gasteiger partial charge in [-0.05, 0) is 74.8 Å². The van der Waals surface area contributed by atoms with Crippen LogP contribution in [-0.4, -0.2) is 30.6 Å².